The summed E-state index contributed by atoms with van der Waals surface area (Å²) in [5.41, 5.74) is -0.195. The van der Waals surface area contributed by atoms with Crippen LogP contribution in [0.2, 0.25) is 0 Å². The molecule has 2 rings (SSSR count). The molecule has 2 aliphatic rings. The average molecular weight is 208 g/mol. The van der Waals surface area contributed by atoms with Gasteiger partial charge in [-0.1, -0.05) is 24.1 Å². The molecule has 0 radical (unpaired) electrons. The monoisotopic (exact) mass is 208 g/mol. The molecule has 2 aliphatic carbocycles. The number of rotatable bonds is 2. The molecule has 16 heavy (non-hydrogen) atoms. The van der Waals surface area contributed by atoms with Crippen molar-refractivity contribution in [3.8, 4) is 12.3 Å². The van der Waals surface area contributed by atoms with E-state index in [0.717, 1.165) is 18.4 Å². The largest absolute Gasteiger partial charge is 0.516 e. The standard InChI is InChI=1S/C14H12N2/c1-4-7-14(15-2,16-3)13-9-11-5-6-12(8-11)10-13/h1,5-6,9,11-12H,7-8,10H2. The minimum absolute atomic E-state index is 0.200. The first-order chi connectivity index (χ1) is 7.74. The van der Waals surface area contributed by atoms with E-state index >= 15 is 0 Å². The van der Waals surface area contributed by atoms with E-state index in [0.29, 0.717) is 11.8 Å². The van der Waals surface area contributed by atoms with E-state index in [-0.39, 0.29) is 6.42 Å². The molecule has 0 heterocycles. The van der Waals surface area contributed by atoms with Crippen molar-refractivity contribution in [3.63, 3.8) is 0 Å². The van der Waals surface area contributed by atoms with Gasteiger partial charge in [-0.2, -0.15) is 0 Å². The summed E-state index contributed by atoms with van der Waals surface area (Å²) in [6.45, 7) is 14.5. The van der Waals surface area contributed by atoms with Crippen LogP contribution in [0, 0.1) is 37.3 Å². The molecule has 2 nitrogen and oxygen atoms in total. The van der Waals surface area contributed by atoms with Gasteiger partial charge in [0.05, 0.1) is 0 Å². The molecule has 0 fully saturated rings. The first-order valence-electron chi connectivity index (χ1n) is 5.34. The molecule has 2 atom stereocenters. The Bertz CT molecular complexity index is 462. The highest BCUT2D eigenvalue weighted by Crippen LogP contribution is 2.42. The van der Waals surface area contributed by atoms with Gasteiger partial charge in [0.2, 0.25) is 0 Å². The third-order valence-corrected chi connectivity index (χ3v) is 3.34. The molecule has 2 heteroatoms. The van der Waals surface area contributed by atoms with Crippen LogP contribution in [0.15, 0.2) is 23.8 Å². The topological polar surface area (TPSA) is 8.72 Å². The van der Waals surface area contributed by atoms with Gasteiger partial charge in [-0.3, -0.25) is 0 Å². The van der Waals surface area contributed by atoms with Crippen LogP contribution in [0.5, 0.6) is 0 Å². The molecule has 0 saturated heterocycles. The third-order valence-electron chi connectivity index (χ3n) is 3.34. The van der Waals surface area contributed by atoms with E-state index in [1.807, 2.05) is 0 Å². The second-order valence-electron chi connectivity index (χ2n) is 4.36. The fraction of sp³-hybridized carbons (Fsp3) is 0.429. The van der Waals surface area contributed by atoms with Gasteiger partial charge in [0.1, 0.15) is 5.57 Å². The van der Waals surface area contributed by atoms with Crippen molar-refractivity contribution in [3.05, 3.63) is 46.6 Å². The Morgan fingerprint density at radius 2 is 2.19 bits per heavy atom. The van der Waals surface area contributed by atoms with E-state index in [1.54, 1.807) is 0 Å². The molecule has 78 valence electrons. The van der Waals surface area contributed by atoms with E-state index in [2.05, 4.69) is 33.8 Å². The lowest BCUT2D eigenvalue weighted by atomic mass is 9.81. The van der Waals surface area contributed by atoms with Crippen molar-refractivity contribution < 1.29 is 0 Å². The van der Waals surface area contributed by atoms with E-state index in [4.69, 9.17) is 19.6 Å². The molecule has 0 N–H and O–H groups in total. The van der Waals surface area contributed by atoms with Gasteiger partial charge in [0.15, 0.2) is 6.42 Å². The molecular weight excluding hydrogens is 196 g/mol. The zero-order valence-corrected chi connectivity index (χ0v) is 8.98. The van der Waals surface area contributed by atoms with Crippen LogP contribution in [0.4, 0.5) is 0 Å². The quantitative estimate of drug-likeness (QED) is 0.374. The SMILES string of the molecule is [C-]#[N+]C(CC#C)([N+]#[C-])C1=CC2C=CC(C1)C2. The minimum atomic E-state index is -1.13. The Hall–Kier alpha value is -1.98. The van der Waals surface area contributed by atoms with Crippen LogP contribution in [0.25, 0.3) is 9.69 Å². The van der Waals surface area contributed by atoms with Crippen molar-refractivity contribution in [2.75, 3.05) is 0 Å². The maximum atomic E-state index is 7.25. The lowest BCUT2D eigenvalue weighted by Gasteiger charge is -2.20. The molecule has 0 saturated carbocycles. The lowest BCUT2D eigenvalue weighted by Crippen LogP contribution is -2.26. The average Bonchev–Trinajstić information content (AvgIpc) is 2.65. The summed E-state index contributed by atoms with van der Waals surface area (Å²) in [7, 11) is 0. The van der Waals surface area contributed by atoms with Crippen LogP contribution < -0.4 is 0 Å². The molecule has 2 unspecified atom stereocenters. The number of fused-ring (bicyclic) bond motifs is 2. The van der Waals surface area contributed by atoms with E-state index in [1.165, 1.54) is 0 Å². The number of hydrogen-bond donors (Lipinski definition) is 0. The molecule has 0 aliphatic heterocycles. The van der Waals surface area contributed by atoms with Crippen molar-refractivity contribution in [1.82, 2.24) is 0 Å². The Morgan fingerprint density at radius 3 is 2.75 bits per heavy atom. The van der Waals surface area contributed by atoms with Crippen molar-refractivity contribution >= 4 is 0 Å². The second-order valence-corrected chi connectivity index (χ2v) is 4.36. The van der Waals surface area contributed by atoms with Crippen molar-refractivity contribution in [2.24, 2.45) is 11.8 Å². The molecule has 0 aromatic carbocycles. The maximum Gasteiger partial charge on any atom is 0.516 e. The maximum absolute atomic E-state index is 7.25. The third kappa shape index (κ3) is 1.52. The van der Waals surface area contributed by atoms with Crippen molar-refractivity contribution in [2.45, 2.75) is 24.9 Å². The predicted octanol–water partition coefficient (Wildman–Crippen LogP) is 3.07. The first kappa shape index (κ1) is 10.5. The molecule has 0 amide bonds. The smallest absolute Gasteiger partial charge is 0.225 e. The Labute approximate surface area is 96.3 Å². The lowest BCUT2D eigenvalue weighted by molar-refractivity contribution is 0.505. The predicted molar refractivity (Wildman–Crippen MR) is 62.8 cm³/mol. The summed E-state index contributed by atoms with van der Waals surface area (Å²) in [5, 5.41) is 0. The minimum Gasteiger partial charge on any atom is -0.225 e. The number of allylic oxidation sites excluding steroid dienone is 3. The van der Waals surface area contributed by atoms with Crippen LogP contribution in [0.3, 0.4) is 0 Å². The summed E-state index contributed by atoms with van der Waals surface area (Å²) in [6.07, 6.45) is 13.9. The zero-order valence-electron chi connectivity index (χ0n) is 8.98. The Morgan fingerprint density at radius 1 is 1.44 bits per heavy atom. The summed E-state index contributed by atoms with van der Waals surface area (Å²) >= 11 is 0. The highest BCUT2D eigenvalue weighted by atomic mass is 15.0. The summed E-state index contributed by atoms with van der Waals surface area (Å²) in [5.74, 6) is 3.39. The van der Waals surface area contributed by atoms with Gasteiger partial charge >= 0.3 is 5.66 Å². The molecule has 0 spiro atoms. The summed E-state index contributed by atoms with van der Waals surface area (Å²) in [6, 6.07) is 0. The van der Waals surface area contributed by atoms with Crippen LogP contribution in [0.1, 0.15) is 19.3 Å². The van der Waals surface area contributed by atoms with Crippen LogP contribution in [-0.2, 0) is 0 Å². The summed E-state index contributed by atoms with van der Waals surface area (Å²) in [4.78, 5) is 7.01. The van der Waals surface area contributed by atoms with E-state index in [9.17, 15) is 0 Å². The highest BCUT2D eigenvalue weighted by Gasteiger charge is 2.49. The fourth-order valence-electron chi connectivity index (χ4n) is 2.49. The van der Waals surface area contributed by atoms with Gasteiger partial charge in [-0.25, -0.2) is 22.8 Å². The molecule has 0 aromatic rings. The Kier molecular flexibility index (Phi) is 2.55. The van der Waals surface area contributed by atoms with Crippen LogP contribution in [-0.4, -0.2) is 5.66 Å². The highest BCUT2D eigenvalue weighted by molar-refractivity contribution is 5.37. The summed E-state index contributed by atoms with van der Waals surface area (Å²) < 4.78 is 0. The number of nitrogens with zero attached hydrogens (tertiary/aromatic N) is 2. The Balaban J connectivity index is 2.35. The van der Waals surface area contributed by atoms with E-state index < -0.39 is 5.66 Å². The number of hydrogen-bond acceptors (Lipinski definition) is 0. The van der Waals surface area contributed by atoms with Crippen molar-refractivity contribution in [1.29, 1.82) is 0 Å². The van der Waals surface area contributed by atoms with Crippen LogP contribution >= 0.6 is 0 Å². The van der Waals surface area contributed by atoms with Gasteiger partial charge in [-0.05, 0) is 24.7 Å². The van der Waals surface area contributed by atoms with Gasteiger partial charge in [0, 0.05) is 0 Å². The van der Waals surface area contributed by atoms with Gasteiger partial charge in [0.25, 0.3) is 0 Å². The molecule has 0 aromatic heterocycles. The first-order valence-corrected chi connectivity index (χ1v) is 5.34. The van der Waals surface area contributed by atoms with Gasteiger partial charge < -0.3 is 0 Å². The number of terminal acetylenes is 1. The normalized spacial score (nSPS) is 26.4. The van der Waals surface area contributed by atoms with Gasteiger partial charge in [-0.15, -0.1) is 6.42 Å². The second kappa shape index (κ2) is 3.88. The zero-order chi connectivity index (χ0) is 11.6. The molecular formula is C14H12N2. The fourth-order valence-corrected chi connectivity index (χ4v) is 2.49. The molecule has 2 bridgehead atoms.